The molecule has 2 heteroatoms. The lowest BCUT2D eigenvalue weighted by Crippen LogP contribution is -2.09. The molecule has 0 bridgehead atoms. The fraction of sp³-hybridized carbons (Fsp3) is 0. The molecule has 1 aromatic heterocycles. The Morgan fingerprint density at radius 1 is 0.315 bits per heavy atom. The highest BCUT2D eigenvalue weighted by atomic mass is 15.1. The number of hydrogen-bond acceptors (Lipinski definition) is 1. The van der Waals surface area contributed by atoms with E-state index >= 15 is 0 Å². The fourth-order valence-corrected chi connectivity index (χ4v) is 7.96. The molecule has 0 aliphatic rings. The summed E-state index contributed by atoms with van der Waals surface area (Å²) in [4.78, 5) is 2.35. The average Bonchev–Trinajstić information content (AvgIpc) is 3.60. The van der Waals surface area contributed by atoms with Crippen LogP contribution in [-0.2, 0) is 0 Å². The van der Waals surface area contributed by atoms with Crippen LogP contribution < -0.4 is 4.90 Å². The fourth-order valence-electron chi connectivity index (χ4n) is 7.96. The number of para-hydroxylation sites is 2. The van der Waals surface area contributed by atoms with Crippen molar-refractivity contribution in [2.45, 2.75) is 0 Å². The summed E-state index contributed by atoms with van der Waals surface area (Å²) < 4.78 is 2.38. The van der Waals surface area contributed by atoms with Gasteiger partial charge in [0.2, 0.25) is 0 Å². The molecule has 2 nitrogen and oxygen atoms in total. The lowest BCUT2D eigenvalue weighted by molar-refractivity contribution is 1.18. The Balaban J connectivity index is 1.00. The van der Waals surface area contributed by atoms with Crippen LogP contribution in [0.15, 0.2) is 218 Å². The lowest BCUT2D eigenvalue weighted by Gasteiger charge is -2.26. The molecule has 9 aromatic carbocycles. The second kappa shape index (κ2) is 13.4. The standard InChI is InChI=1S/C52H36N2/c1-3-12-37(13-4-1)40-26-31-45(32-27-40)53(47-35-30-38-14-7-8-15-43(38)36-47)46-33-28-41(29-34-46)39-22-24-42(25-23-39)48-19-11-21-51-52(48)49-18-9-10-20-50(49)54(51)44-16-5-2-6-17-44/h1-36H. The van der Waals surface area contributed by atoms with Gasteiger partial charge in [-0.05, 0) is 105 Å². The topological polar surface area (TPSA) is 8.17 Å². The average molecular weight is 689 g/mol. The monoisotopic (exact) mass is 688 g/mol. The maximum absolute atomic E-state index is 2.38. The van der Waals surface area contributed by atoms with Crippen molar-refractivity contribution in [3.63, 3.8) is 0 Å². The summed E-state index contributed by atoms with van der Waals surface area (Å²) in [5, 5.41) is 4.99. The van der Waals surface area contributed by atoms with Gasteiger partial charge < -0.3 is 9.47 Å². The number of hydrogen-bond donors (Lipinski definition) is 0. The van der Waals surface area contributed by atoms with Crippen molar-refractivity contribution < 1.29 is 0 Å². The molecule has 0 radical (unpaired) electrons. The summed E-state index contributed by atoms with van der Waals surface area (Å²) in [6.07, 6.45) is 0. The quantitative estimate of drug-likeness (QED) is 0.162. The number of nitrogens with zero attached hydrogens (tertiary/aromatic N) is 2. The van der Waals surface area contributed by atoms with E-state index in [2.05, 4.69) is 228 Å². The van der Waals surface area contributed by atoms with Crippen molar-refractivity contribution in [3.8, 4) is 39.1 Å². The van der Waals surface area contributed by atoms with Crippen LogP contribution in [-0.4, -0.2) is 4.57 Å². The maximum atomic E-state index is 2.38. The van der Waals surface area contributed by atoms with E-state index in [4.69, 9.17) is 0 Å². The van der Waals surface area contributed by atoms with Crippen LogP contribution in [0.5, 0.6) is 0 Å². The van der Waals surface area contributed by atoms with Crippen LogP contribution in [0.1, 0.15) is 0 Å². The summed E-state index contributed by atoms with van der Waals surface area (Å²) in [7, 11) is 0. The van der Waals surface area contributed by atoms with E-state index < -0.39 is 0 Å². The third-order valence-electron chi connectivity index (χ3n) is 10.6. The van der Waals surface area contributed by atoms with Gasteiger partial charge in [-0.3, -0.25) is 0 Å². The van der Waals surface area contributed by atoms with Crippen LogP contribution in [0.2, 0.25) is 0 Å². The summed E-state index contributed by atoms with van der Waals surface area (Å²) in [6.45, 7) is 0. The highest BCUT2D eigenvalue weighted by Gasteiger charge is 2.17. The van der Waals surface area contributed by atoms with Gasteiger partial charge in [-0.15, -0.1) is 0 Å². The van der Waals surface area contributed by atoms with Gasteiger partial charge in [0, 0.05) is 33.5 Å². The Kier molecular flexibility index (Phi) is 7.85. The Bertz CT molecular complexity index is 2890. The molecule has 0 fully saturated rings. The summed E-state index contributed by atoms with van der Waals surface area (Å²) in [6, 6.07) is 78.8. The minimum atomic E-state index is 1.11. The van der Waals surface area contributed by atoms with Gasteiger partial charge in [0.25, 0.3) is 0 Å². The van der Waals surface area contributed by atoms with E-state index in [1.54, 1.807) is 0 Å². The minimum absolute atomic E-state index is 1.11. The number of aromatic nitrogens is 1. The number of benzene rings is 9. The normalized spacial score (nSPS) is 11.3. The van der Waals surface area contributed by atoms with E-state index in [1.165, 1.54) is 71.6 Å². The van der Waals surface area contributed by atoms with E-state index in [-0.39, 0.29) is 0 Å². The second-order valence-corrected chi connectivity index (χ2v) is 13.8. The van der Waals surface area contributed by atoms with Crippen molar-refractivity contribution in [2.24, 2.45) is 0 Å². The predicted octanol–water partition coefficient (Wildman–Crippen LogP) is 14.4. The molecular weight excluding hydrogens is 653 g/mol. The maximum Gasteiger partial charge on any atom is 0.0547 e. The first kappa shape index (κ1) is 31.6. The van der Waals surface area contributed by atoms with Crippen LogP contribution in [0.25, 0.3) is 71.6 Å². The van der Waals surface area contributed by atoms with Gasteiger partial charge in [-0.1, -0.05) is 158 Å². The molecule has 0 atom stereocenters. The first-order valence-electron chi connectivity index (χ1n) is 18.5. The second-order valence-electron chi connectivity index (χ2n) is 13.8. The van der Waals surface area contributed by atoms with Crippen LogP contribution >= 0.6 is 0 Å². The zero-order chi connectivity index (χ0) is 35.8. The number of anilines is 3. The summed E-state index contributed by atoms with van der Waals surface area (Å²) >= 11 is 0. The third-order valence-corrected chi connectivity index (χ3v) is 10.6. The largest absolute Gasteiger partial charge is 0.310 e. The van der Waals surface area contributed by atoms with Crippen molar-refractivity contribution in [3.05, 3.63) is 218 Å². The SMILES string of the molecule is c1ccc(-c2ccc(N(c3ccc(-c4ccc(-c5cccc6c5c5ccccc5n6-c5ccccc5)cc4)cc3)c3ccc4ccccc4c3)cc2)cc1. The Morgan fingerprint density at radius 2 is 0.815 bits per heavy atom. The minimum Gasteiger partial charge on any atom is -0.310 e. The van der Waals surface area contributed by atoms with Crippen LogP contribution in [0.4, 0.5) is 17.1 Å². The zero-order valence-electron chi connectivity index (χ0n) is 29.7. The van der Waals surface area contributed by atoms with Crippen molar-refractivity contribution in [1.29, 1.82) is 0 Å². The smallest absolute Gasteiger partial charge is 0.0547 e. The van der Waals surface area contributed by atoms with Gasteiger partial charge in [0.15, 0.2) is 0 Å². The molecule has 54 heavy (non-hydrogen) atoms. The zero-order valence-corrected chi connectivity index (χ0v) is 29.7. The van der Waals surface area contributed by atoms with Crippen molar-refractivity contribution >= 4 is 49.6 Å². The van der Waals surface area contributed by atoms with E-state index in [0.29, 0.717) is 0 Å². The van der Waals surface area contributed by atoms with E-state index in [9.17, 15) is 0 Å². The molecule has 254 valence electrons. The summed E-state index contributed by atoms with van der Waals surface area (Å²) in [5.41, 5.74) is 14.2. The predicted molar refractivity (Wildman–Crippen MR) is 229 cm³/mol. The van der Waals surface area contributed by atoms with E-state index in [0.717, 1.165) is 17.1 Å². The Hall–Kier alpha value is -7.16. The molecule has 0 saturated carbocycles. The molecule has 10 aromatic rings. The molecular formula is C52H36N2. The molecule has 1 heterocycles. The van der Waals surface area contributed by atoms with Crippen LogP contribution in [0.3, 0.4) is 0 Å². The van der Waals surface area contributed by atoms with Crippen LogP contribution in [0, 0.1) is 0 Å². The molecule has 0 unspecified atom stereocenters. The highest BCUT2D eigenvalue weighted by Crippen LogP contribution is 2.40. The summed E-state index contributed by atoms with van der Waals surface area (Å²) in [5.74, 6) is 0. The molecule has 0 aliphatic heterocycles. The molecule has 10 rings (SSSR count). The lowest BCUT2D eigenvalue weighted by atomic mass is 9.97. The van der Waals surface area contributed by atoms with Gasteiger partial charge in [-0.25, -0.2) is 0 Å². The van der Waals surface area contributed by atoms with Gasteiger partial charge in [-0.2, -0.15) is 0 Å². The van der Waals surface area contributed by atoms with Gasteiger partial charge >= 0.3 is 0 Å². The molecule has 0 N–H and O–H groups in total. The molecule has 0 amide bonds. The number of rotatable bonds is 7. The first-order valence-corrected chi connectivity index (χ1v) is 18.5. The number of fused-ring (bicyclic) bond motifs is 4. The third kappa shape index (κ3) is 5.62. The van der Waals surface area contributed by atoms with Gasteiger partial charge in [0.1, 0.15) is 0 Å². The highest BCUT2D eigenvalue weighted by molar-refractivity contribution is 6.15. The first-order chi connectivity index (χ1) is 26.8. The van der Waals surface area contributed by atoms with Crippen molar-refractivity contribution in [2.75, 3.05) is 4.90 Å². The Morgan fingerprint density at radius 3 is 1.50 bits per heavy atom. The molecule has 0 aliphatic carbocycles. The van der Waals surface area contributed by atoms with E-state index in [1.807, 2.05) is 0 Å². The molecule has 0 spiro atoms. The van der Waals surface area contributed by atoms with Crippen molar-refractivity contribution in [1.82, 2.24) is 4.57 Å². The Labute approximate surface area is 315 Å². The molecule has 0 saturated heterocycles. The van der Waals surface area contributed by atoms with Gasteiger partial charge in [0.05, 0.1) is 11.0 Å².